The molecule has 19 heavy (non-hydrogen) atoms. The monoisotopic (exact) mass is 264 g/mol. The highest BCUT2D eigenvalue weighted by Crippen LogP contribution is 2.16. The minimum atomic E-state index is -0.822. The second-order valence-corrected chi connectivity index (χ2v) is 4.66. The molecule has 5 heteroatoms. The molecule has 0 heterocycles. The number of amides is 2. The van der Waals surface area contributed by atoms with Crippen LogP contribution in [-0.2, 0) is 9.53 Å². The van der Waals surface area contributed by atoms with Crippen molar-refractivity contribution in [2.75, 3.05) is 13.7 Å². The number of nitrogens with one attached hydrogen (secondary N) is 1. The molecule has 1 rings (SSSR count). The predicted molar refractivity (Wildman–Crippen MR) is 73.0 cm³/mol. The number of benzene rings is 1. The van der Waals surface area contributed by atoms with Gasteiger partial charge >= 0.3 is 0 Å². The first-order valence-electron chi connectivity index (χ1n) is 6.03. The van der Waals surface area contributed by atoms with E-state index in [1.807, 2.05) is 32.9 Å². The molecule has 0 aliphatic rings. The van der Waals surface area contributed by atoms with Crippen LogP contribution in [0.3, 0.4) is 0 Å². The molecule has 1 aromatic carbocycles. The number of hydrogen-bond donors (Lipinski definition) is 2. The van der Waals surface area contributed by atoms with Gasteiger partial charge in [0.1, 0.15) is 6.04 Å². The van der Waals surface area contributed by atoms with Gasteiger partial charge in [-0.25, -0.2) is 0 Å². The number of ether oxygens (including phenoxy) is 1. The Bertz CT molecular complexity index is 474. The molecule has 0 aliphatic carbocycles. The Hall–Kier alpha value is -1.88. The Morgan fingerprint density at radius 2 is 1.79 bits per heavy atom. The summed E-state index contributed by atoms with van der Waals surface area (Å²) in [6, 6.07) is 3.03. The first-order chi connectivity index (χ1) is 8.86. The number of rotatable bonds is 5. The molecule has 2 amide bonds. The van der Waals surface area contributed by atoms with Gasteiger partial charge in [0, 0.05) is 12.7 Å². The zero-order valence-electron chi connectivity index (χ0n) is 11.7. The molecule has 0 saturated heterocycles. The number of hydrogen-bond acceptors (Lipinski definition) is 3. The number of aryl methyl sites for hydroxylation is 3. The fraction of sp³-hybridized carbons (Fsp3) is 0.429. The van der Waals surface area contributed by atoms with Gasteiger partial charge in [0.05, 0.1) is 6.61 Å². The van der Waals surface area contributed by atoms with E-state index in [2.05, 4.69) is 5.32 Å². The summed E-state index contributed by atoms with van der Waals surface area (Å²) >= 11 is 0. The van der Waals surface area contributed by atoms with Crippen LogP contribution in [0, 0.1) is 20.8 Å². The van der Waals surface area contributed by atoms with Crippen LogP contribution in [0.2, 0.25) is 0 Å². The summed E-state index contributed by atoms with van der Waals surface area (Å²) < 4.78 is 4.87. The standard InChI is InChI=1S/C14H20N2O3/c1-8-5-9(2)12(10(3)6-8)14(18)16-11(7-19-4)13(15)17/h5-6,11H,7H2,1-4H3,(H2,15,17)(H,16,18)/t11-/m1/s1. The van der Waals surface area contributed by atoms with Crippen molar-refractivity contribution in [3.63, 3.8) is 0 Å². The fourth-order valence-corrected chi connectivity index (χ4v) is 2.13. The zero-order valence-corrected chi connectivity index (χ0v) is 11.7. The zero-order chi connectivity index (χ0) is 14.6. The molecule has 104 valence electrons. The number of nitrogens with two attached hydrogens (primary N) is 1. The van der Waals surface area contributed by atoms with Crippen molar-refractivity contribution in [3.8, 4) is 0 Å². The van der Waals surface area contributed by atoms with Gasteiger partial charge in [-0.2, -0.15) is 0 Å². The van der Waals surface area contributed by atoms with Gasteiger partial charge in [-0.15, -0.1) is 0 Å². The second kappa shape index (κ2) is 6.33. The number of carbonyl (C=O) groups is 2. The van der Waals surface area contributed by atoms with Crippen LogP contribution >= 0.6 is 0 Å². The van der Waals surface area contributed by atoms with Crippen LogP contribution in [-0.4, -0.2) is 31.6 Å². The minimum absolute atomic E-state index is 0.0605. The SMILES string of the molecule is COC[C@@H](NC(=O)c1c(C)cc(C)cc1C)C(N)=O. The maximum atomic E-state index is 12.2. The van der Waals surface area contributed by atoms with E-state index in [-0.39, 0.29) is 12.5 Å². The quantitative estimate of drug-likeness (QED) is 0.827. The summed E-state index contributed by atoms with van der Waals surface area (Å²) in [6.45, 7) is 5.76. The van der Waals surface area contributed by atoms with Crippen LogP contribution in [0.5, 0.6) is 0 Å². The largest absolute Gasteiger partial charge is 0.382 e. The average molecular weight is 264 g/mol. The predicted octanol–water partition coefficient (Wildman–Crippen LogP) is 0.842. The topological polar surface area (TPSA) is 81.4 Å². The molecule has 0 aliphatic heterocycles. The van der Waals surface area contributed by atoms with Crippen LogP contribution in [0.15, 0.2) is 12.1 Å². The number of carbonyl (C=O) groups excluding carboxylic acids is 2. The molecule has 0 saturated carbocycles. The Morgan fingerprint density at radius 3 is 2.21 bits per heavy atom. The van der Waals surface area contributed by atoms with Gasteiger partial charge in [0.2, 0.25) is 5.91 Å². The third kappa shape index (κ3) is 3.79. The van der Waals surface area contributed by atoms with Crippen molar-refractivity contribution in [1.82, 2.24) is 5.32 Å². The van der Waals surface area contributed by atoms with Gasteiger partial charge in [-0.05, 0) is 31.9 Å². The highest BCUT2D eigenvalue weighted by Gasteiger charge is 2.20. The van der Waals surface area contributed by atoms with Crippen molar-refractivity contribution in [3.05, 3.63) is 34.4 Å². The van der Waals surface area contributed by atoms with E-state index in [9.17, 15) is 9.59 Å². The normalized spacial score (nSPS) is 12.0. The molecule has 0 aromatic heterocycles. The van der Waals surface area contributed by atoms with Gasteiger partial charge in [-0.3, -0.25) is 9.59 Å². The van der Waals surface area contributed by atoms with E-state index < -0.39 is 11.9 Å². The van der Waals surface area contributed by atoms with Gasteiger partial charge < -0.3 is 15.8 Å². The Balaban J connectivity index is 2.98. The molecule has 5 nitrogen and oxygen atoms in total. The Kier molecular flexibility index (Phi) is 5.06. The second-order valence-electron chi connectivity index (χ2n) is 4.66. The third-order valence-electron chi connectivity index (χ3n) is 2.89. The van der Waals surface area contributed by atoms with Crippen LogP contribution in [0.1, 0.15) is 27.0 Å². The molecule has 0 radical (unpaired) electrons. The first kappa shape index (κ1) is 15.2. The fourth-order valence-electron chi connectivity index (χ4n) is 2.13. The molecule has 0 bridgehead atoms. The summed E-state index contributed by atoms with van der Waals surface area (Å²) in [4.78, 5) is 23.4. The molecular formula is C14H20N2O3. The van der Waals surface area contributed by atoms with Gasteiger partial charge in [-0.1, -0.05) is 17.7 Å². The summed E-state index contributed by atoms with van der Waals surface area (Å²) in [5.41, 5.74) is 8.63. The molecule has 1 aromatic rings. The van der Waals surface area contributed by atoms with Crippen molar-refractivity contribution in [1.29, 1.82) is 0 Å². The van der Waals surface area contributed by atoms with Crippen LogP contribution in [0.25, 0.3) is 0 Å². The third-order valence-corrected chi connectivity index (χ3v) is 2.89. The summed E-state index contributed by atoms with van der Waals surface area (Å²) in [6.07, 6.45) is 0. The number of methoxy groups -OCH3 is 1. The smallest absolute Gasteiger partial charge is 0.252 e. The molecular weight excluding hydrogens is 244 g/mol. The van der Waals surface area contributed by atoms with E-state index >= 15 is 0 Å². The maximum Gasteiger partial charge on any atom is 0.252 e. The molecule has 0 fully saturated rings. The van der Waals surface area contributed by atoms with Crippen LogP contribution in [0.4, 0.5) is 0 Å². The van der Waals surface area contributed by atoms with Crippen molar-refractivity contribution in [2.24, 2.45) is 5.73 Å². The van der Waals surface area contributed by atoms with Crippen LogP contribution < -0.4 is 11.1 Å². The summed E-state index contributed by atoms with van der Waals surface area (Å²) in [5.74, 6) is -0.923. The van der Waals surface area contributed by atoms with E-state index in [4.69, 9.17) is 10.5 Å². The summed E-state index contributed by atoms with van der Waals surface area (Å²) in [7, 11) is 1.45. The lowest BCUT2D eigenvalue weighted by molar-refractivity contribution is -0.121. The molecule has 0 unspecified atom stereocenters. The van der Waals surface area contributed by atoms with Crippen molar-refractivity contribution in [2.45, 2.75) is 26.8 Å². The average Bonchev–Trinajstić information content (AvgIpc) is 2.26. The Morgan fingerprint density at radius 1 is 1.26 bits per heavy atom. The highest BCUT2D eigenvalue weighted by molar-refractivity contribution is 5.99. The lowest BCUT2D eigenvalue weighted by Gasteiger charge is -2.17. The van der Waals surface area contributed by atoms with Gasteiger partial charge in [0.25, 0.3) is 5.91 Å². The minimum Gasteiger partial charge on any atom is -0.382 e. The van der Waals surface area contributed by atoms with E-state index in [1.54, 1.807) is 0 Å². The maximum absolute atomic E-state index is 12.2. The summed E-state index contributed by atoms with van der Waals surface area (Å²) in [5, 5.41) is 2.60. The molecule has 3 N–H and O–H groups in total. The lowest BCUT2D eigenvalue weighted by atomic mass is 9.99. The molecule has 0 spiro atoms. The van der Waals surface area contributed by atoms with E-state index in [1.165, 1.54) is 7.11 Å². The van der Waals surface area contributed by atoms with E-state index in [0.29, 0.717) is 5.56 Å². The highest BCUT2D eigenvalue weighted by atomic mass is 16.5. The number of primary amides is 1. The lowest BCUT2D eigenvalue weighted by Crippen LogP contribution is -2.47. The van der Waals surface area contributed by atoms with Crippen molar-refractivity contribution >= 4 is 11.8 Å². The van der Waals surface area contributed by atoms with E-state index in [0.717, 1.165) is 16.7 Å². The molecule has 1 atom stereocenters. The van der Waals surface area contributed by atoms with Gasteiger partial charge in [0.15, 0.2) is 0 Å². The first-order valence-corrected chi connectivity index (χ1v) is 6.03. The Labute approximate surface area is 113 Å². The van der Waals surface area contributed by atoms with Crippen molar-refractivity contribution < 1.29 is 14.3 Å².